The molecule has 7 nitrogen and oxygen atoms in total. The van der Waals surface area contributed by atoms with E-state index >= 15 is 0 Å². The van der Waals surface area contributed by atoms with Gasteiger partial charge in [-0.15, -0.1) is 0 Å². The van der Waals surface area contributed by atoms with E-state index in [1.54, 1.807) is 36.4 Å². The summed E-state index contributed by atoms with van der Waals surface area (Å²) in [7, 11) is 3.83. The summed E-state index contributed by atoms with van der Waals surface area (Å²) in [6.45, 7) is 2.37. The number of hydrogen-bond acceptors (Lipinski definition) is 5. The Bertz CT molecular complexity index is 999. The normalized spacial score (nSPS) is 15.5. The molecule has 8 heteroatoms. The Balaban J connectivity index is 1.94. The van der Waals surface area contributed by atoms with Crippen LogP contribution < -0.4 is 19.9 Å². The van der Waals surface area contributed by atoms with Crippen molar-refractivity contribution in [3.05, 3.63) is 58.1 Å². The summed E-state index contributed by atoms with van der Waals surface area (Å²) in [5, 5.41) is 2.22. The molecule has 1 aliphatic heterocycles. The molecule has 0 radical (unpaired) electrons. The van der Waals surface area contributed by atoms with Crippen LogP contribution in [0.3, 0.4) is 0 Å². The molecule has 3 rings (SSSR count). The molecule has 0 aromatic heterocycles. The van der Waals surface area contributed by atoms with Gasteiger partial charge in [0.25, 0.3) is 11.8 Å². The number of imide groups is 2. The SMILES string of the molecule is CCOc1ccc(N2C(=O)NC(=O)C(=Cc3ccc(N(C)C)c(Br)c3)C2=O)cc1. The highest BCUT2D eigenvalue weighted by atomic mass is 79.9. The van der Waals surface area contributed by atoms with Crippen molar-refractivity contribution in [2.75, 3.05) is 30.5 Å². The Kier molecular flexibility index (Phi) is 6.03. The van der Waals surface area contributed by atoms with Crippen LogP contribution in [0.4, 0.5) is 16.2 Å². The van der Waals surface area contributed by atoms with Crippen molar-refractivity contribution >= 4 is 51.2 Å². The number of nitrogens with one attached hydrogen (secondary N) is 1. The first-order valence-corrected chi connectivity index (χ1v) is 9.72. The maximum Gasteiger partial charge on any atom is 0.335 e. The zero-order valence-corrected chi connectivity index (χ0v) is 17.8. The van der Waals surface area contributed by atoms with Crippen molar-refractivity contribution in [1.29, 1.82) is 0 Å². The van der Waals surface area contributed by atoms with E-state index in [1.165, 1.54) is 6.08 Å². The molecule has 1 N–H and O–H groups in total. The second-order valence-electron chi connectivity index (χ2n) is 6.49. The third-order valence-electron chi connectivity index (χ3n) is 4.27. The maximum atomic E-state index is 12.9. The fourth-order valence-corrected chi connectivity index (χ4v) is 3.64. The molecule has 1 fully saturated rings. The average molecular weight is 458 g/mol. The highest BCUT2D eigenvalue weighted by Gasteiger charge is 2.36. The number of halogens is 1. The Labute approximate surface area is 177 Å². The molecule has 0 spiro atoms. The lowest BCUT2D eigenvalue weighted by Gasteiger charge is -2.26. The number of amides is 4. The average Bonchev–Trinajstić information content (AvgIpc) is 2.66. The summed E-state index contributed by atoms with van der Waals surface area (Å²) >= 11 is 3.49. The van der Waals surface area contributed by atoms with Gasteiger partial charge in [0.15, 0.2) is 0 Å². The monoisotopic (exact) mass is 457 g/mol. The predicted octanol–water partition coefficient (Wildman–Crippen LogP) is 3.58. The maximum absolute atomic E-state index is 12.9. The molecule has 1 aliphatic rings. The molecule has 4 amide bonds. The first kappa shape index (κ1) is 20.6. The van der Waals surface area contributed by atoms with E-state index in [0.717, 1.165) is 15.1 Å². The van der Waals surface area contributed by atoms with Crippen molar-refractivity contribution in [2.45, 2.75) is 6.92 Å². The fourth-order valence-electron chi connectivity index (χ4n) is 2.89. The highest BCUT2D eigenvalue weighted by Crippen LogP contribution is 2.28. The van der Waals surface area contributed by atoms with E-state index in [9.17, 15) is 14.4 Å². The molecule has 1 heterocycles. The van der Waals surface area contributed by atoms with Crippen LogP contribution in [0.15, 0.2) is 52.5 Å². The lowest BCUT2D eigenvalue weighted by molar-refractivity contribution is -0.122. The van der Waals surface area contributed by atoms with Crippen LogP contribution in [0.1, 0.15) is 12.5 Å². The van der Waals surface area contributed by atoms with E-state index in [0.29, 0.717) is 23.6 Å². The van der Waals surface area contributed by atoms with Gasteiger partial charge in [0.05, 0.1) is 18.0 Å². The Morgan fingerprint density at radius 3 is 2.38 bits per heavy atom. The molecule has 1 saturated heterocycles. The van der Waals surface area contributed by atoms with Gasteiger partial charge in [0, 0.05) is 18.6 Å². The van der Waals surface area contributed by atoms with Crippen LogP contribution in [0, 0.1) is 0 Å². The van der Waals surface area contributed by atoms with Gasteiger partial charge in [0.2, 0.25) is 0 Å². The number of nitrogens with zero attached hydrogens (tertiary/aromatic N) is 2. The van der Waals surface area contributed by atoms with E-state index in [2.05, 4.69) is 21.2 Å². The second kappa shape index (κ2) is 8.48. The predicted molar refractivity (Wildman–Crippen MR) is 115 cm³/mol. The van der Waals surface area contributed by atoms with Crippen molar-refractivity contribution in [2.24, 2.45) is 0 Å². The topological polar surface area (TPSA) is 79.0 Å². The molecular weight excluding hydrogens is 438 g/mol. The molecule has 0 bridgehead atoms. The van der Waals surface area contributed by atoms with Gasteiger partial charge in [-0.1, -0.05) is 6.07 Å². The van der Waals surface area contributed by atoms with E-state index < -0.39 is 17.8 Å². The minimum Gasteiger partial charge on any atom is -0.494 e. The van der Waals surface area contributed by atoms with E-state index in [-0.39, 0.29) is 5.57 Å². The molecule has 0 atom stereocenters. The molecule has 29 heavy (non-hydrogen) atoms. The number of carbonyl (C=O) groups excluding carboxylic acids is 3. The number of urea groups is 1. The van der Waals surface area contributed by atoms with Gasteiger partial charge in [-0.05, 0) is 70.9 Å². The molecule has 0 unspecified atom stereocenters. The number of carbonyl (C=O) groups is 3. The first-order valence-electron chi connectivity index (χ1n) is 8.93. The van der Waals surface area contributed by atoms with Gasteiger partial charge in [0.1, 0.15) is 11.3 Å². The van der Waals surface area contributed by atoms with Crippen LogP contribution in [0.5, 0.6) is 5.75 Å². The van der Waals surface area contributed by atoms with Crippen LogP contribution in [-0.2, 0) is 9.59 Å². The number of barbiturate groups is 1. The summed E-state index contributed by atoms with van der Waals surface area (Å²) in [6.07, 6.45) is 1.47. The minimum atomic E-state index is -0.787. The number of anilines is 2. The Hall–Kier alpha value is -3.13. The van der Waals surface area contributed by atoms with Crippen LogP contribution in [0.2, 0.25) is 0 Å². The van der Waals surface area contributed by atoms with Gasteiger partial charge in [-0.25, -0.2) is 9.69 Å². The van der Waals surface area contributed by atoms with Crippen LogP contribution in [0.25, 0.3) is 6.08 Å². The zero-order chi connectivity index (χ0) is 21.1. The fraction of sp³-hybridized carbons (Fsp3) is 0.190. The van der Waals surface area contributed by atoms with Gasteiger partial charge in [-0.2, -0.15) is 0 Å². The molecular formula is C21H20BrN3O4. The minimum absolute atomic E-state index is 0.122. The summed E-state index contributed by atoms with van der Waals surface area (Å²) in [5.74, 6) is -0.787. The van der Waals surface area contributed by atoms with E-state index in [4.69, 9.17) is 4.74 Å². The van der Waals surface area contributed by atoms with Crippen molar-refractivity contribution in [3.63, 3.8) is 0 Å². The number of hydrogen-bond donors (Lipinski definition) is 1. The van der Waals surface area contributed by atoms with Crippen LogP contribution >= 0.6 is 15.9 Å². The quantitative estimate of drug-likeness (QED) is 0.548. The third-order valence-corrected chi connectivity index (χ3v) is 4.91. The second-order valence-corrected chi connectivity index (χ2v) is 7.34. The van der Waals surface area contributed by atoms with E-state index in [1.807, 2.05) is 32.0 Å². The standard InChI is InChI=1S/C21H20BrN3O4/c1-4-29-15-8-6-14(7-9-15)25-20(27)16(19(26)23-21(25)28)11-13-5-10-18(24(2)3)17(22)12-13/h5-12H,4H2,1-3H3,(H,23,26,28). The number of ether oxygens (including phenoxy) is 1. The third kappa shape index (κ3) is 4.32. The smallest absolute Gasteiger partial charge is 0.335 e. The van der Waals surface area contributed by atoms with Gasteiger partial charge < -0.3 is 9.64 Å². The Morgan fingerprint density at radius 2 is 1.79 bits per heavy atom. The lowest BCUT2D eigenvalue weighted by Crippen LogP contribution is -2.54. The lowest BCUT2D eigenvalue weighted by atomic mass is 10.1. The van der Waals surface area contributed by atoms with Crippen molar-refractivity contribution in [3.8, 4) is 5.75 Å². The highest BCUT2D eigenvalue weighted by molar-refractivity contribution is 9.10. The van der Waals surface area contributed by atoms with Crippen molar-refractivity contribution < 1.29 is 19.1 Å². The number of rotatable bonds is 5. The van der Waals surface area contributed by atoms with Gasteiger partial charge >= 0.3 is 6.03 Å². The first-order chi connectivity index (χ1) is 13.8. The zero-order valence-electron chi connectivity index (χ0n) is 16.2. The molecule has 0 saturated carbocycles. The summed E-state index contributed by atoms with van der Waals surface area (Å²) in [5.41, 5.74) is 1.83. The van der Waals surface area contributed by atoms with Crippen molar-refractivity contribution in [1.82, 2.24) is 5.32 Å². The molecule has 2 aromatic rings. The molecule has 2 aromatic carbocycles. The number of benzene rings is 2. The molecule has 0 aliphatic carbocycles. The largest absolute Gasteiger partial charge is 0.494 e. The summed E-state index contributed by atoms with van der Waals surface area (Å²) in [4.78, 5) is 40.4. The van der Waals surface area contributed by atoms with Crippen LogP contribution in [-0.4, -0.2) is 38.5 Å². The summed E-state index contributed by atoms with van der Waals surface area (Å²) < 4.78 is 6.20. The Morgan fingerprint density at radius 1 is 1.10 bits per heavy atom. The van der Waals surface area contributed by atoms with Gasteiger partial charge in [-0.3, -0.25) is 14.9 Å². The summed E-state index contributed by atoms with van der Waals surface area (Å²) in [6, 6.07) is 11.2. The molecule has 150 valence electrons.